The second kappa shape index (κ2) is 3.88. The van der Waals surface area contributed by atoms with Gasteiger partial charge in [0.25, 0.3) is 5.69 Å². The zero-order valence-corrected chi connectivity index (χ0v) is 6.86. The quantitative estimate of drug-likeness (QED) is 0.523. The van der Waals surface area contributed by atoms with Gasteiger partial charge in [-0.25, -0.2) is 0 Å². The fourth-order valence-electron chi connectivity index (χ4n) is 0.815. The molecule has 0 unspecified atom stereocenters. The maximum atomic E-state index is 10.3. The number of hydrogen-bond donors (Lipinski definition) is 0. The van der Waals surface area contributed by atoms with Crippen molar-refractivity contribution in [2.45, 2.75) is 0 Å². The van der Waals surface area contributed by atoms with Crippen molar-refractivity contribution >= 4 is 23.4 Å². The summed E-state index contributed by atoms with van der Waals surface area (Å²) in [6, 6.07) is 6.25. The van der Waals surface area contributed by atoms with Crippen LogP contribution in [-0.2, 0) is 0 Å². The van der Waals surface area contributed by atoms with E-state index in [0.29, 0.717) is 0 Å². The Labute approximate surface area is 74.4 Å². The van der Waals surface area contributed by atoms with E-state index in [1.54, 1.807) is 18.2 Å². The molecule has 0 aliphatic rings. The molecule has 0 aliphatic carbocycles. The highest BCUT2D eigenvalue weighted by Crippen LogP contribution is 2.14. The van der Waals surface area contributed by atoms with E-state index in [-0.39, 0.29) is 5.69 Å². The predicted octanol–water partition coefficient (Wildman–Crippen LogP) is 2.80. The van der Waals surface area contributed by atoms with Crippen molar-refractivity contribution in [3.8, 4) is 0 Å². The zero-order chi connectivity index (χ0) is 8.97. The van der Waals surface area contributed by atoms with Gasteiger partial charge in [0, 0.05) is 17.7 Å². The number of nitro benzene ring substituents is 1. The average molecular weight is 184 g/mol. The minimum absolute atomic E-state index is 0.0715. The van der Waals surface area contributed by atoms with Gasteiger partial charge in [-0.3, -0.25) is 10.1 Å². The summed E-state index contributed by atoms with van der Waals surface area (Å²) in [5.74, 6) is 0. The molecule has 0 spiro atoms. The van der Waals surface area contributed by atoms with Crippen LogP contribution in [0.15, 0.2) is 29.8 Å². The van der Waals surface area contributed by atoms with E-state index >= 15 is 0 Å². The molecule has 0 N–H and O–H groups in total. The highest BCUT2D eigenvalue weighted by Gasteiger charge is 2.02. The highest BCUT2D eigenvalue weighted by molar-refractivity contribution is 6.27. The van der Waals surface area contributed by atoms with Gasteiger partial charge in [-0.1, -0.05) is 23.7 Å². The van der Waals surface area contributed by atoms with Gasteiger partial charge in [-0.05, 0) is 11.6 Å². The lowest BCUT2D eigenvalue weighted by Gasteiger charge is -1.92. The van der Waals surface area contributed by atoms with E-state index in [4.69, 9.17) is 11.6 Å². The van der Waals surface area contributed by atoms with Gasteiger partial charge in [0.1, 0.15) is 0 Å². The van der Waals surface area contributed by atoms with Crippen LogP contribution in [0.2, 0.25) is 0 Å². The van der Waals surface area contributed by atoms with Crippen molar-refractivity contribution in [2.24, 2.45) is 0 Å². The van der Waals surface area contributed by atoms with Crippen molar-refractivity contribution in [3.63, 3.8) is 0 Å². The SMILES string of the molecule is O=[N+]([O-])c1cccc(C=CCl)c1. The molecule has 62 valence electrons. The van der Waals surface area contributed by atoms with Gasteiger partial charge in [0.2, 0.25) is 0 Å². The number of halogens is 1. The summed E-state index contributed by atoms with van der Waals surface area (Å²) in [7, 11) is 0. The van der Waals surface area contributed by atoms with Crippen LogP contribution >= 0.6 is 11.6 Å². The third-order valence-corrected chi connectivity index (χ3v) is 1.46. The van der Waals surface area contributed by atoms with Crippen molar-refractivity contribution in [3.05, 3.63) is 45.5 Å². The Bertz CT molecular complexity index is 323. The van der Waals surface area contributed by atoms with Crippen LogP contribution in [0.4, 0.5) is 5.69 Å². The topological polar surface area (TPSA) is 43.1 Å². The summed E-state index contributed by atoms with van der Waals surface area (Å²) in [5.41, 5.74) is 2.11. The number of nitro groups is 1. The summed E-state index contributed by atoms with van der Waals surface area (Å²) in [4.78, 5) is 9.87. The number of rotatable bonds is 2. The molecule has 0 aromatic heterocycles. The molecule has 1 rings (SSSR count). The van der Waals surface area contributed by atoms with Crippen molar-refractivity contribution in [2.75, 3.05) is 0 Å². The van der Waals surface area contributed by atoms with E-state index in [9.17, 15) is 10.1 Å². The number of hydrogen-bond acceptors (Lipinski definition) is 2. The van der Waals surface area contributed by atoms with Crippen molar-refractivity contribution in [1.82, 2.24) is 0 Å². The smallest absolute Gasteiger partial charge is 0.258 e. The van der Waals surface area contributed by atoms with E-state index in [0.717, 1.165) is 5.56 Å². The van der Waals surface area contributed by atoms with Crippen LogP contribution in [0.1, 0.15) is 5.56 Å². The molecule has 0 atom stereocenters. The Morgan fingerprint density at radius 3 is 2.83 bits per heavy atom. The molecular weight excluding hydrogens is 178 g/mol. The summed E-state index contributed by atoms with van der Waals surface area (Å²) in [6.07, 6.45) is 1.59. The maximum absolute atomic E-state index is 10.3. The van der Waals surface area contributed by atoms with E-state index < -0.39 is 4.92 Å². The molecule has 0 aliphatic heterocycles. The lowest BCUT2D eigenvalue weighted by atomic mass is 10.2. The fourth-order valence-corrected chi connectivity index (χ4v) is 0.960. The van der Waals surface area contributed by atoms with Crippen molar-refractivity contribution < 1.29 is 4.92 Å². The van der Waals surface area contributed by atoms with E-state index in [1.165, 1.54) is 17.7 Å². The van der Waals surface area contributed by atoms with Crippen molar-refractivity contribution in [1.29, 1.82) is 0 Å². The highest BCUT2D eigenvalue weighted by atomic mass is 35.5. The first-order chi connectivity index (χ1) is 5.74. The van der Waals surface area contributed by atoms with Crippen LogP contribution < -0.4 is 0 Å². The largest absolute Gasteiger partial charge is 0.270 e. The van der Waals surface area contributed by atoms with Crippen LogP contribution in [0.3, 0.4) is 0 Å². The van der Waals surface area contributed by atoms with Gasteiger partial charge < -0.3 is 0 Å². The first-order valence-electron chi connectivity index (χ1n) is 3.25. The summed E-state index contributed by atoms with van der Waals surface area (Å²) >= 11 is 5.32. The molecule has 0 radical (unpaired) electrons. The lowest BCUT2D eigenvalue weighted by molar-refractivity contribution is -0.384. The molecule has 4 heteroatoms. The molecule has 1 aromatic carbocycles. The molecule has 0 saturated heterocycles. The monoisotopic (exact) mass is 183 g/mol. The molecule has 1 aromatic rings. The third-order valence-electron chi connectivity index (χ3n) is 1.34. The van der Waals surface area contributed by atoms with Gasteiger partial charge >= 0.3 is 0 Å². The molecular formula is C8H6ClNO2. The van der Waals surface area contributed by atoms with Gasteiger partial charge in [0.15, 0.2) is 0 Å². The Hall–Kier alpha value is -1.35. The Morgan fingerprint density at radius 1 is 1.50 bits per heavy atom. The third kappa shape index (κ3) is 2.07. The standard InChI is InChI=1S/C8H6ClNO2/c9-5-4-7-2-1-3-8(6-7)10(11)12/h1-6H. The minimum atomic E-state index is -0.439. The van der Waals surface area contributed by atoms with Crippen LogP contribution in [0, 0.1) is 10.1 Å². The normalized spacial score (nSPS) is 10.4. The van der Waals surface area contributed by atoms with Crippen LogP contribution in [0.25, 0.3) is 6.08 Å². The lowest BCUT2D eigenvalue weighted by Crippen LogP contribution is -1.87. The summed E-state index contributed by atoms with van der Waals surface area (Å²) in [6.45, 7) is 0. The number of benzene rings is 1. The molecule has 0 saturated carbocycles. The van der Waals surface area contributed by atoms with Crippen LogP contribution in [0.5, 0.6) is 0 Å². The predicted molar refractivity (Wildman–Crippen MR) is 48.0 cm³/mol. The van der Waals surface area contributed by atoms with Gasteiger partial charge in [-0.15, -0.1) is 0 Å². The Kier molecular flexibility index (Phi) is 2.82. The number of nitrogens with zero attached hydrogens (tertiary/aromatic N) is 1. The fraction of sp³-hybridized carbons (Fsp3) is 0. The van der Waals surface area contributed by atoms with E-state index in [2.05, 4.69) is 0 Å². The minimum Gasteiger partial charge on any atom is -0.258 e. The Morgan fingerprint density at radius 2 is 2.25 bits per heavy atom. The molecule has 0 bridgehead atoms. The Balaban J connectivity index is 3.03. The first-order valence-corrected chi connectivity index (χ1v) is 3.69. The van der Waals surface area contributed by atoms with Gasteiger partial charge in [-0.2, -0.15) is 0 Å². The number of non-ortho nitro benzene ring substituents is 1. The molecule has 12 heavy (non-hydrogen) atoms. The summed E-state index contributed by atoms with van der Waals surface area (Å²) in [5, 5.41) is 10.3. The molecule has 0 heterocycles. The zero-order valence-electron chi connectivity index (χ0n) is 6.11. The second-order valence-electron chi connectivity index (χ2n) is 2.14. The molecule has 3 nitrogen and oxygen atoms in total. The second-order valence-corrected chi connectivity index (χ2v) is 2.40. The molecule has 0 fully saturated rings. The molecule has 0 amide bonds. The summed E-state index contributed by atoms with van der Waals surface area (Å²) < 4.78 is 0. The average Bonchev–Trinajstić information content (AvgIpc) is 2.05. The van der Waals surface area contributed by atoms with Gasteiger partial charge in [0.05, 0.1) is 4.92 Å². The first kappa shape index (κ1) is 8.74. The maximum Gasteiger partial charge on any atom is 0.270 e. The van der Waals surface area contributed by atoms with E-state index in [1.807, 2.05) is 0 Å². The van der Waals surface area contributed by atoms with Crippen LogP contribution in [-0.4, -0.2) is 4.92 Å².